The molecule has 6 heteroatoms. The SMILES string of the molecule is CCOCCC(=O)NCc1cccc(OCC(=O)O)c1. The van der Waals surface area contributed by atoms with E-state index in [1.54, 1.807) is 18.2 Å². The molecular formula is C14H19NO5. The maximum atomic E-state index is 11.5. The van der Waals surface area contributed by atoms with Crippen molar-refractivity contribution in [2.24, 2.45) is 0 Å². The van der Waals surface area contributed by atoms with Gasteiger partial charge in [0.05, 0.1) is 6.61 Å². The number of amides is 1. The fraction of sp³-hybridized carbons (Fsp3) is 0.429. The summed E-state index contributed by atoms with van der Waals surface area (Å²) < 4.78 is 10.2. The summed E-state index contributed by atoms with van der Waals surface area (Å²) in [5.41, 5.74) is 0.845. The van der Waals surface area contributed by atoms with Gasteiger partial charge in [-0.25, -0.2) is 4.79 Å². The van der Waals surface area contributed by atoms with Crippen LogP contribution in [0.15, 0.2) is 24.3 Å². The Labute approximate surface area is 117 Å². The third-order valence-corrected chi connectivity index (χ3v) is 2.43. The van der Waals surface area contributed by atoms with Crippen molar-refractivity contribution in [1.82, 2.24) is 5.32 Å². The van der Waals surface area contributed by atoms with Gasteiger partial charge in [0.15, 0.2) is 6.61 Å². The summed E-state index contributed by atoms with van der Waals surface area (Å²) in [5, 5.41) is 11.3. The number of nitrogens with one attached hydrogen (secondary N) is 1. The summed E-state index contributed by atoms with van der Waals surface area (Å²) in [5.74, 6) is -0.650. The lowest BCUT2D eigenvalue weighted by Gasteiger charge is -2.08. The van der Waals surface area contributed by atoms with E-state index in [-0.39, 0.29) is 12.5 Å². The third kappa shape index (κ3) is 6.75. The van der Waals surface area contributed by atoms with Gasteiger partial charge in [-0.1, -0.05) is 12.1 Å². The van der Waals surface area contributed by atoms with E-state index in [0.717, 1.165) is 5.56 Å². The summed E-state index contributed by atoms with van der Waals surface area (Å²) in [7, 11) is 0. The highest BCUT2D eigenvalue weighted by atomic mass is 16.5. The maximum Gasteiger partial charge on any atom is 0.341 e. The number of benzene rings is 1. The predicted molar refractivity (Wildman–Crippen MR) is 72.5 cm³/mol. The number of carboxylic acids is 1. The second-order valence-corrected chi connectivity index (χ2v) is 4.05. The molecule has 0 fully saturated rings. The Morgan fingerprint density at radius 1 is 1.35 bits per heavy atom. The minimum absolute atomic E-state index is 0.0877. The molecule has 0 atom stereocenters. The van der Waals surface area contributed by atoms with E-state index in [2.05, 4.69) is 5.32 Å². The number of hydrogen-bond donors (Lipinski definition) is 2. The molecule has 0 bridgehead atoms. The molecule has 1 aromatic rings. The first-order valence-electron chi connectivity index (χ1n) is 6.39. The van der Waals surface area contributed by atoms with Crippen molar-refractivity contribution in [2.75, 3.05) is 19.8 Å². The lowest BCUT2D eigenvalue weighted by Crippen LogP contribution is -2.23. The third-order valence-electron chi connectivity index (χ3n) is 2.43. The number of carboxylic acid groups (broad SMARTS) is 1. The lowest BCUT2D eigenvalue weighted by atomic mass is 10.2. The lowest BCUT2D eigenvalue weighted by molar-refractivity contribution is -0.139. The van der Waals surface area contributed by atoms with Gasteiger partial charge in [-0.05, 0) is 24.6 Å². The van der Waals surface area contributed by atoms with E-state index in [1.807, 2.05) is 13.0 Å². The Morgan fingerprint density at radius 2 is 2.15 bits per heavy atom. The van der Waals surface area contributed by atoms with E-state index in [0.29, 0.717) is 31.9 Å². The van der Waals surface area contributed by atoms with Crippen LogP contribution in [0, 0.1) is 0 Å². The molecule has 0 radical (unpaired) electrons. The summed E-state index contributed by atoms with van der Waals surface area (Å²) in [6.07, 6.45) is 0.322. The molecule has 1 aromatic carbocycles. The average molecular weight is 281 g/mol. The molecule has 0 aliphatic carbocycles. The Balaban J connectivity index is 2.38. The van der Waals surface area contributed by atoms with Gasteiger partial charge >= 0.3 is 5.97 Å². The van der Waals surface area contributed by atoms with Crippen molar-refractivity contribution in [3.8, 4) is 5.75 Å². The molecular weight excluding hydrogens is 262 g/mol. The second kappa shape index (κ2) is 8.92. The number of ether oxygens (including phenoxy) is 2. The van der Waals surface area contributed by atoms with Crippen molar-refractivity contribution in [2.45, 2.75) is 19.9 Å². The van der Waals surface area contributed by atoms with Crippen molar-refractivity contribution < 1.29 is 24.2 Å². The van der Waals surface area contributed by atoms with Crippen molar-refractivity contribution >= 4 is 11.9 Å². The van der Waals surface area contributed by atoms with Crippen molar-refractivity contribution in [3.05, 3.63) is 29.8 Å². The van der Waals surface area contributed by atoms with Gasteiger partial charge in [0.1, 0.15) is 5.75 Å². The molecule has 0 unspecified atom stereocenters. The van der Waals surface area contributed by atoms with E-state index >= 15 is 0 Å². The molecule has 0 aliphatic heterocycles. The van der Waals surface area contributed by atoms with Gasteiger partial charge in [-0.15, -0.1) is 0 Å². The first-order valence-corrected chi connectivity index (χ1v) is 6.39. The Morgan fingerprint density at radius 3 is 2.85 bits per heavy atom. The maximum absolute atomic E-state index is 11.5. The van der Waals surface area contributed by atoms with Crippen LogP contribution in [0.1, 0.15) is 18.9 Å². The highest BCUT2D eigenvalue weighted by Gasteiger charge is 2.03. The Bertz CT molecular complexity index is 447. The standard InChI is InChI=1S/C14H19NO5/c1-2-19-7-6-13(16)15-9-11-4-3-5-12(8-11)20-10-14(17)18/h3-5,8H,2,6-7,9-10H2,1H3,(H,15,16)(H,17,18). The molecule has 2 N–H and O–H groups in total. The normalized spacial score (nSPS) is 10.1. The zero-order chi connectivity index (χ0) is 14.8. The number of carbonyl (C=O) groups is 2. The largest absolute Gasteiger partial charge is 0.482 e. The zero-order valence-corrected chi connectivity index (χ0v) is 11.4. The first kappa shape index (κ1) is 16.0. The predicted octanol–water partition coefficient (Wildman–Crippen LogP) is 1.19. The first-order chi connectivity index (χ1) is 9.61. The van der Waals surface area contributed by atoms with E-state index in [1.165, 1.54) is 0 Å². The van der Waals surface area contributed by atoms with Crippen LogP contribution in [0.3, 0.4) is 0 Å². The molecule has 0 heterocycles. The molecule has 0 saturated carbocycles. The fourth-order valence-electron chi connectivity index (χ4n) is 1.49. The minimum Gasteiger partial charge on any atom is -0.482 e. The molecule has 6 nitrogen and oxygen atoms in total. The monoisotopic (exact) mass is 281 g/mol. The van der Waals surface area contributed by atoms with Gasteiger partial charge < -0.3 is 19.9 Å². The highest BCUT2D eigenvalue weighted by Crippen LogP contribution is 2.13. The van der Waals surface area contributed by atoms with E-state index in [9.17, 15) is 9.59 Å². The number of hydrogen-bond acceptors (Lipinski definition) is 4. The zero-order valence-electron chi connectivity index (χ0n) is 11.4. The molecule has 0 aromatic heterocycles. The second-order valence-electron chi connectivity index (χ2n) is 4.05. The summed E-state index contributed by atoms with van der Waals surface area (Å²) in [6.45, 7) is 2.86. The molecule has 0 aliphatic rings. The van der Waals surface area contributed by atoms with Crippen LogP contribution >= 0.6 is 0 Å². The van der Waals surface area contributed by atoms with Crippen molar-refractivity contribution in [3.63, 3.8) is 0 Å². The smallest absolute Gasteiger partial charge is 0.341 e. The Hall–Kier alpha value is -2.08. The minimum atomic E-state index is -1.03. The van der Waals surface area contributed by atoms with E-state index in [4.69, 9.17) is 14.6 Å². The topological polar surface area (TPSA) is 84.9 Å². The molecule has 1 amide bonds. The fourth-order valence-corrected chi connectivity index (χ4v) is 1.49. The van der Waals surface area contributed by atoms with Crippen LogP contribution in [0.25, 0.3) is 0 Å². The van der Waals surface area contributed by atoms with Gasteiger partial charge in [-0.3, -0.25) is 4.79 Å². The van der Waals surface area contributed by atoms with Crippen LogP contribution in [-0.4, -0.2) is 36.8 Å². The molecule has 0 saturated heterocycles. The highest BCUT2D eigenvalue weighted by molar-refractivity contribution is 5.75. The van der Waals surface area contributed by atoms with Gasteiger partial charge in [0, 0.05) is 19.6 Å². The van der Waals surface area contributed by atoms with Crippen LogP contribution in [0.4, 0.5) is 0 Å². The molecule has 20 heavy (non-hydrogen) atoms. The van der Waals surface area contributed by atoms with Crippen LogP contribution in [0.5, 0.6) is 5.75 Å². The van der Waals surface area contributed by atoms with Crippen LogP contribution in [-0.2, 0) is 20.9 Å². The summed E-state index contributed by atoms with van der Waals surface area (Å²) in [6, 6.07) is 6.95. The molecule has 110 valence electrons. The summed E-state index contributed by atoms with van der Waals surface area (Å²) >= 11 is 0. The van der Waals surface area contributed by atoms with Crippen molar-refractivity contribution in [1.29, 1.82) is 0 Å². The Kier molecular flexibility index (Phi) is 7.13. The van der Waals surface area contributed by atoms with Gasteiger partial charge in [0.2, 0.25) is 5.91 Å². The number of aliphatic carboxylic acids is 1. The van der Waals surface area contributed by atoms with Crippen LogP contribution < -0.4 is 10.1 Å². The molecule has 0 spiro atoms. The molecule has 1 rings (SSSR count). The number of rotatable bonds is 9. The van der Waals surface area contributed by atoms with Crippen LogP contribution in [0.2, 0.25) is 0 Å². The average Bonchev–Trinajstić information content (AvgIpc) is 2.44. The van der Waals surface area contributed by atoms with Gasteiger partial charge in [0.25, 0.3) is 0 Å². The van der Waals surface area contributed by atoms with Gasteiger partial charge in [-0.2, -0.15) is 0 Å². The summed E-state index contributed by atoms with van der Waals surface area (Å²) in [4.78, 5) is 21.9. The quantitative estimate of drug-likeness (QED) is 0.664. The van der Waals surface area contributed by atoms with E-state index < -0.39 is 5.97 Å². The number of carbonyl (C=O) groups excluding carboxylic acids is 1.